The minimum atomic E-state index is 0.474. The van der Waals surface area contributed by atoms with E-state index < -0.39 is 0 Å². The summed E-state index contributed by atoms with van der Waals surface area (Å²) in [5, 5.41) is 8.48. The van der Waals surface area contributed by atoms with Gasteiger partial charge in [-0.2, -0.15) is 0 Å². The second kappa shape index (κ2) is 11.1. The van der Waals surface area contributed by atoms with Gasteiger partial charge in [-0.25, -0.2) is 4.98 Å². The van der Waals surface area contributed by atoms with E-state index in [0.717, 1.165) is 70.0 Å². The predicted octanol–water partition coefficient (Wildman–Crippen LogP) is 6.99. The van der Waals surface area contributed by atoms with Crippen molar-refractivity contribution in [3.05, 3.63) is 74.5 Å². The Morgan fingerprint density at radius 3 is 2.54 bits per heavy atom. The van der Waals surface area contributed by atoms with Gasteiger partial charge in [-0.15, -0.1) is 11.3 Å². The number of thiazole rings is 1. The highest BCUT2D eigenvalue weighted by molar-refractivity contribution is 7.10. The number of halogens is 2. The molecule has 0 N–H and O–H groups in total. The van der Waals surface area contributed by atoms with E-state index in [2.05, 4.69) is 44.6 Å². The fraction of sp³-hybridized carbons (Fsp3) is 0.357. The van der Waals surface area contributed by atoms with Gasteiger partial charge in [-0.3, -0.25) is 4.90 Å². The molecule has 0 bridgehead atoms. The molecule has 4 aromatic rings. The van der Waals surface area contributed by atoms with Gasteiger partial charge in [-0.05, 0) is 49.7 Å². The molecule has 0 aliphatic carbocycles. The average Bonchev–Trinajstić information content (AvgIpc) is 3.62. The van der Waals surface area contributed by atoms with Crippen LogP contribution in [0.25, 0.3) is 22.7 Å². The van der Waals surface area contributed by atoms with Crippen molar-refractivity contribution in [1.82, 2.24) is 15.0 Å². The molecule has 0 amide bonds. The van der Waals surface area contributed by atoms with Gasteiger partial charge in [0.1, 0.15) is 11.4 Å². The van der Waals surface area contributed by atoms with Gasteiger partial charge in [0, 0.05) is 48.2 Å². The lowest BCUT2D eigenvalue weighted by atomic mass is 9.97. The van der Waals surface area contributed by atoms with E-state index in [1.54, 1.807) is 23.5 Å². The molecular formula is C28H28Cl2N4O2S. The highest BCUT2D eigenvalue weighted by Gasteiger charge is 2.25. The Bertz CT molecular complexity index is 1360. The Morgan fingerprint density at radius 1 is 0.919 bits per heavy atom. The van der Waals surface area contributed by atoms with Crippen molar-refractivity contribution in [2.24, 2.45) is 0 Å². The van der Waals surface area contributed by atoms with Crippen LogP contribution >= 0.6 is 34.5 Å². The van der Waals surface area contributed by atoms with Crippen LogP contribution in [0.5, 0.6) is 0 Å². The van der Waals surface area contributed by atoms with Gasteiger partial charge in [0.2, 0.25) is 0 Å². The van der Waals surface area contributed by atoms with Gasteiger partial charge in [0.05, 0.1) is 28.3 Å². The van der Waals surface area contributed by atoms with E-state index in [1.807, 2.05) is 12.1 Å². The number of rotatable bonds is 6. The fourth-order valence-corrected chi connectivity index (χ4v) is 6.39. The number of anilines is 1. The molecule has 2 aliphatic rings. The van der Waals surface area contributed by atoms with Gasteiger partial charge in [-0.1, -0.05) is 52.6 Å². The van der Waals surface area contributed by atoms with Crippen LogP contribution in [0.15, 0.2) is 58.4 Å². The minimum Gasteiger partial charge on any atom is -0.378 e. The molecule has 37 heavy (non-hydrogen) atoms. The number of hydrogen-bond acceptors (Lipinski definition) is 7. The number of morpholine rings is 1. The largest absolute Gasteiger partial charge is 0.378 e. The quantitative estimate of drug-likeness (QED) is 0.256. The van der Waals surface area contributed by atoms with Crippen molar-refractivity contribution in [2.45, 2.75) is 25.3 Å². The summed E-state index contributed by atoms with van der Waals surface area (Å²) in [6.45, 7) is 6.67. The zero-order valence-corrected chi connectivity index (χ0v) is 22.7. The maximum Gasteiger partial charge on any atom is 0.186 e. The summed E-state index contributed by atoms with van der Waals surface area (Å²) >= 11 is 13.9. The highest BCUT2D eigenvalue weighted by atomic mass is 35.5. The van der Waals surface area contributed by atoms with Crippen LogP contribution in [-0.2, 0) is 11.3 Å². The Morgan fingerprint density at radius 2 is 1.73 bits per heavy atom. The second-order valence-corrected chi connectivity index (χ2v) is 11.3. The molecule has 2 fully saturated rings. The third kappa shape index (κ3) is 5.56. The Kier molecular flexibility index (Phi) is 7.49. The van der Waals surface area contributed by atoms with Crippen molar-refractivity contribution in [2.75, 3.05) is 44.3 Å². The van der Waals surface area contributed by atoms with E-state index >= 15 is 0 Å². The normalized spacial score (nSPS) is 17.4. The predicted molar refractivity (Wildman–Crippen MR) is 150 cm³/mol. The van der Waals surface area contributed by atoms with Crippen LogP contribution in [0.3, 0.4) is 0 Å². The zero-order chi connectivity index (χ0) is 25.2. The molecule has 2 aromatic carbocycles. The third-order valence-electron chi connectivity index (χ3n) is 7.17. The molecule has 0 spiro atoms. The van der Waals surface area contributed by atoms with Crippen LogP contribution in [0, 0.1) is 0 Å². The fourth-order valence-electron chi connectivity index (χ4n) is 5.11. The van der Waals surface area contributed by atoms with Crippen LogP contribution in [0.4, 0.5) is 5.69 Å². The number of para-hydroxylation sites is 1. The number of benzene rings is 2. The lowest BCUT2D eigenvalue weighted by Gasteiger charge is -2.34. The van der Waals surface area contributed by atoms with Crippen LogP contribution in [-0.4, -0.2) is 54.4 Å². The number of aromatic nitrogens is 2. The van der Waals surface area contributed by atoms with Crippen LogP contribution in [0.1, 0.15) is 29.3 Å². The Balaban J connectivity index is 1.08. The maximum absolute atomic E-state index is 6.16. The lowest BCUT2D eigenvalue weighted by molar-refractivity contribution is 0.122. The topological polar surface area (TPSA) is 54.6 Å². The summed E-state index contributed by atoms with van der Waals surface area (Å²) in [6, 6.07) is 16.2. The minimum absolute atomic E-state index is 0.474. The molecular weight excluding hydrogens is 527 g/mol. The molecule has 0 radical (unpaired) electrons. The van der Waals surface area contributed by atoms with Crippen LogP contribution in [0.2, 0.25) is 10.0 Å². The van der Waals surface area contributed by atoms with Crippen molar-refractivity contribution in [3.63, 3.8) is 0 Å². The SMILES string of the molecule is Clc1ccc(-c2cc(-c3csc(C4CCN(Cc5ccccc5N5CCOCC5)CC4)n3)on2)cc1Cl. The second-order valence-electron chi connectivity index (χ2n) is 9.55. The molecule has 6 nitrogen and oxygen atoms in total. The van der Waals surface area contributed by atoms with Crippen molar-refractivity contribution < 1.29 is 9.26 Å². The monoisotopic (exact) mass is 554 g/mol. The first-order valence-corrected chi connectivity index (χ1v) is 14.3. The van der Waals surface area contributed by atoms with Gasteiger partial charge >= 0.3 is 0 Å². The van der Waals surface area contributed by atoms with Crippen LogP contribution < -0.4 is 4.90 Å². The smallest absolute Gasteiger partial charge is 0.186 e. The van der Waals surface area contributed by atoms with E-state index in [9.17, 15) is 0 Å². The molecule has 0 unspecified atom stereocenters. The Hall–Kier alpha value is -2.42. The number of nitrogens with zero attached hydrogens (tertiary/aromatic N) is 4. The first-order chi connectivity index (χ1) is 18.1. The van der Waals surface area contributed by atoms with E-state index in [4.69, 9.17) is 37.4 Å². The highest BCUT2D eigenvalue weighted by Crippen LogP contribution is 2.35. The van der Waals surface area contributed by atoms with Crippen molar-refractivity contribution in [1.29, 1.82) is 0 Å². The number of ether oxygens (including phenoxy) is 1. The molecule has 4 heterocycles. The van der Waals surface area contributed by atoms with Gasteiger partial charge < -0.3 is 14.2 Å². The summed E-state index contributed by atoms with van der Waals surface area (Å²) in [5.74, 6) is 1.14. The third-order valence-corrected chi connectivity index (χ3v) is 8.92. The first kappa shape index (κ1) is 24.9. The molecule has 2 aromatic heterocycles. The van der Waals surface area contributed by atoms with Gasteiger partial charge in [0.15, 0.2) is 5.76 Å². The summed E-state index contributed by atoms with van der Waals surface area (Å²) < 4.78 is 11.2. The standard InChI is InChI=1S/C28H28Cl2N4O2S/c29-22-6-5-20(15-23(22)30)24-16-27(36-32-24)25-18-37-28(31-25)19-7-9-33(10-8-19)17-21-3-1-2-4-26(21)34-11-13-35-14-12-34/h1-6,15-16,18-19H,7-14,17H2. The van der Waals surface area contributed by atoms with Crippen molar-refractivity contribution >= 4 is 40.2 Å². The molecule has 2 saturated heterocycles. The van der Waals surface area contributed by atoms with E-state index in [-0.39, 0.29) is 0 Å². The summed E-state index contributed by atoms with van der Waals surface area (Å²) in [6.07, 6.45) is 2.22. The van der Waals surface area contributed by atoms with Crippen molar-refractivity contribution in [3.8, 4) is 22.7 Å². The zero-order valence-electron chi connectivity index (χ0n) is 20.4. The van der Waals surface area contributed by atoms with E-state index in [0.29, 0.717) is 27.4 Å². The average molecular weight is 556 g/mol. The molecule has 2 aliphatic heterocycles. The molecule has 192 valence electrons. The summed E-state index contributed by atoms with van der Waals surface area (Å²) in [4.78, 5) is 9.96. The lowest BCUT2D eigenvalue weighted by Crippen LogP contribution is -2.38. The Labute approximate surface area is 230 Å². The maximum atomic E-state index is 6.16. The number of piperidine rings is 1. The molecule has 0 atom stereocenters. The summed E-state index contributed by atoms with van der Waals surface area (Å²) in [7, 11) is 0. The van der Waals surface area contributed by atoms with E-state index in [1.165, 1.54) is 16.3 Å². The molecule has 6 rings (SSSR count). The molecule has 9 heteroatoms. The summed E-state index contributed by atoms with van der Waals surface area (Å²) in [5.41, 5.74) is 5.17. The molecule has 0 saturated carbocycles. The first-order valence-electron chi connectivity index (χ1n) is 12.6. The number of likely N-dealkylation sites (tertiary alicyclic amines) is 1. The number of hydrogen-bond donors (Lipinski definition) is 0. The van der Waals surface area contributed by atoms with Gasteiger partial charge in [0.25, 0.3) is 0 Å².